The van der Waals surface area contributed by atoms with Crippen molar-refractivity contribution in [3.63, 3.8) is 0 Å². The predicted octanol–water partition coefficient (Wildman–Crippen LogP) is 3.16. The summed E-state index contributed by atoms with van der Waals surface area (Å²) in [5, 5.41) is 3.64. The molecule has 1 atom stereocenters. The van der Waals surface area contributed by atoms with Crippen molar-refractivity contribution in [3.8, 4) is 0 Å². The van der Waals surface area contributed by atoms with E-state index >= 15 is 0 Å². The molecule has 17 heavy (non-hydrogen) atoms. The Morgan fingerprint density at radius 2 is 2.12 bits per heavy atom. The van der Waals surface area contributed by atoms with Crippen LogP contribution in [0, 0.1) is 5.41 Å². The average Bonchev–Trinajstić information content (AvgIpc) is 2.85. The molecule has 0 amide bonds. The number of hydrogen-bond acceptors (Lipinski definition) is 2. The van der Waals surface area contributed by atoms with Crippen LogP contribution >= 0.6 is 0 Å². The largest absolute Gasteiger partial charge is 0.352 e. The summed E-state index contributed by atoms with van der Waals surface area (Å²) in [6, 6.07) is 0.630. The van der Waals surface area contributed by atoms with Gasteiger partial charge in [-0.15, -0.1) is 0 Å². The Bertz CT molecular complexity index is 435. The molecule has 2 aliphatic rings. The molecule has 0 aromatic carbocycles. The van der Waals surface area contributed by atoms with Gasteiger partial charge in [-0.3, -0.25) is 0 Å². The van der Waals surface area contributed by atoms with Crippen LogP contribution in [0.3, 0.4) is 0 Å². The van der Waals surface area contributed by atoms with Crippen molar-refractivity contribution in [2.24, 2.45) is 5.41 Å². The Balaban J connectivity index is 1.85. The lowest BCUT2D eigenvalue weighted by molar-refractivity contribution is 0.392. The molecule has 0 spiro atoms. The quantitative estimate of drug-likeness (QED) is 0.807. The van der Waals surface area contributed by atoms with Crippen LogP contribution in [0.5, 0.6) is 0 Å². The van der Waals surface area contributed by atoms with Crippen LogP contribution < -0.4 is 5.32 Å². The number of hydrogen-bond donors (Lipinski definition) is 1. The molecule has 1 unspecified atom stereocenters. The summed E-state index contributed by atoms with van der Waals surface area (Å²) in [5.74, 6) is 1.08. The first kappa shape index (κ1) is 11.1. The van der Waals surface area contributed by atoms with Crippen molar-refractivity contribution >= 4 is 5.95 Å². The molecule has 2 heterocycles. The van der Waals surface area contributed by atoms with Crippen molar-refractivity contribution in [2.75, 3.05) is 5.32 Å². The molecule has 1 fully saturated rings. The predicted molar refractivity (Wildman–Crippen MR) is 70.3 cm³/mol. The molecule has 3 heteroatoms. The van der Waals surface area contributed by atoms with Crippen molar-refractivity contribution in [2.45, 2.75) is 65.0 Å². The van der Waals surface area contributed by atoms with Crippen LogP contribution in [0.25, 0.3) is 0 Å². The minimum atomic E-state index is 0.144. The van der Waals surface area contributed by atoms with Gasteiger partial charge in [0.2, 0.25) is 5.95 Å². The molecule has 0 saturated heterocycles. The summed E-state index contributed by atoms with van der Waals surface area (Å²) in [6.45, 7) is 10.2. The summed E-state index contributed by atoms with van der Waals surface area (Å²) in [5.41, 5.74) is 1.88. The molecular weight excluding hydrogens is 210 g/mol. The zero-order chi connectivity index (χ0) is 12.3. The molecule has 1 aliphatic heterocycles. The second-order valence-electron chi connectivity index (χ2n) is 7.03. The van der Waals surface area contributed by atoms with Crippen LogP contribution in [0.2, 0.25) is 0 Å². The maximum Gasteiger partial charge on any atom is 0.203 e. The van der Waals surface area contributed by atoms with E-state index in [9.17, 15) is 0 Å². The second kappa shape index (κ2) is 3.27. The summed E-state index contributed by atoms with van der Waals surface area (Å²) in [7, 11) is 0. The fourth-order valence-corrected chi connectivity index (χ4v) is 2.63. The topological polar surface area (TPSA) is 29.9 Å². The molecule has 0 bridgehead atoms. The second-order valence-corrected chi connectivity index (χ2v) is 7.03. The van der Waals surface area contributed by atoms with Crippen LogP contribution in [0.15, 0.2) is 6.20 Å². The van der Waals surface area contributed by atoms with Crippen molar-refractivity contribution < 1.29 is 0 Å². The third kappa shape index (κ3) is 1.85. The van der Waals surface area contributed by atoms with E-state index in [4.69, 9.17) is 4.98 Å². The Labute approximate surface area is 104 Å². The van der Waals surface area contributed by atoms with E-state index in [1.165, 1.54) is 25.0 Å². The zero-order valence-corrected chi connectivity index (χ0v) is 11.4. The molecular formula is C14H23N3. The molecule has 1 N–H and O–H groups in total. The number of rotatable bonds is 1. The highest BCUT2D eigenvalue weighted by Gasteiger charge is 2.46. The van der Waals surface area contributed by atoms with E-state index in [0.29, 0.717) is 11.5 Å². The molecule has 1 aromatic rings. The van der Waals surface area contributed by atoms with E-state index in [1.807, 2.05) is 0 Å². The van der Waals surface area contributed by atoms with E-state index in [-0.39, 0.29) is 5.41 Å². The monoisotopic (exact) mass is 233 g/mol. The van der Waals surface area contributed by atoms with Crippen LogP contribution in [0.4, 0.5) is 5.95 Å². The van der Waals surface area contributed by atoms with Gasteiger partial charge in [0.05, 0.1) is 5.69 Å². The normalized spacial score (nSPS) is 26.2. The highest BCUT2D eigenvalue weighted by molar-refractivity contribution is 5.36. The Kier molecular flexibility index (Phi) is 2.14. The number of fused-ring (bicyclic) bond motifs is 1. The van der Waals surface area contributed by atoms with Gasteiger partial charge in [0.1, 0.15) is 0 Å². The fraction of sp³-hybridized carbons (Fsp3) is 0.786. The van der Waals surface area contributed by atoms with Crippen molar-refractivity contribution in [3.05, 3.63) is 11.9 Å². The molecule has 1 aliphatic carbocycles. The van der Waals surface area contributed by atoms with Crippen LogP contribution in [0.1, 0.15) is 52.7 Å². The lowest BCUT2D eigenvalue weighted by Gasteiger charge is -2.30. The minimum Gasteiger partial charge on any atom is -0.352 e. The molecule has 1 saturated carbocycles. The SMILES string of the molecule is CC(C)(C)c1cn2c(n1)NC(C1(C)CC1)CC2. The molecule has 1 aromatic heterocycles. The minimum absolute atomic E-state index is 0.144. The number of aryl methyl sites for hydroxylation is 1. The Morgan fingerprint density at radius 3 is 2.71 bits per heavy atom. The number of imidazole rings is 1. The highest BCUT2D eigenvalue weighted by Crippen LogP contribution is 2.50. The first-order valence-corrected chi connectivity index (χ1v) is 6.73. The van der Waals surface area contributed by atoms with Gasteiger partial charge in [0.25, 0.3) is 0 Å². The zero-order valence-electron chi connectivity index (χ0n) is 11.4. The summed E-state index contributed by atoms with van der Waals surface area (Å²) >= 11 is 0. The first-order valence-electron chi connectivity index (χ1n) is 6.73. The summed E-state index contributed by atoms with van der Waals surface area (Å²) in [4.78, 5) is 4.77. The third-order valence-corrected chi connectivity index (χ3v) is 4.39. The maximum atomic E-state index is 4.77. The number of anilines is 1. The van der Waals surface area contributed by atoms with Gasteiger partial charge in [-0.1, -0.05) is 27.7 Å². The third-order valence-electron chi connectivity index (χ3n) is 4.39. The van der Waals surface area contributed by atoms with Crippen LogP contribution in [-0.4, -0.2) is 15.6 Å². The standard InChI is InChI=1S/C14H23N3/c1-13(2,3)11-9-17-8-5-10(14(4)6-7-14)15-12(17)16-11/h9-10H,5-8H2,1-4H3,(H,15,16). The Hall–Kier alpha value is -0.990. The Morgan fingerprint density at radius 1 is 1.41 bits per heavy atom. The van der Waals surface area contributed by atoms with Gasteiger partial charge >= 0.3 is 0 Å². The summed E-state index contributed by atoms with van der Waals surface area (Å²) < 4.78 is 2.28. The van der Waals surface area contributed by atoms with Crippen LogP contribution in [-0.2, 0) is 12.0 Å². The van der Waals surface area contributed by atoms with Gasteiger partial charge < -0.3 is 9.88 Å². The van der Waals surface area contributed by atoms with Gasteiger partial charge in [-0.25, -0.2) is 4.98 Å². The lowest BCUT2D eigenvalue weighted by atomic mass is 9.93. The summed E-state index contributed by atoms with van der Waals surface area (Å²) in [6.07, 6.45) is 6.20. The lowest BCUT2D eigenvalue weighted by Crippen LogP contribution is -2.35. The fourth-order valence-electron chi connectivity index (χ4n) is 2.63. The van der Waals surface area contributed by atoms with Gasteiger partial charge in [-0.2, -0.15) is 0 Å². The number of nitrogens with one attached hydrogen (secondary N) is 1. The first-order chi connectivity index (χ1) is 7.88. The van der Waals surface area contributed by atoms with E-state index in [2.05, 4.69) is 43.8 Å². The molecule has 0 radical (unpaired) electrons. The van der Waals surface area contributed by atoms with E-state index < -0.39 is 0 Å². The molecule has 3 nitrogen and oxygen atoms in total. The van der Waals surface area contributed by atoms with E-state index in [0.717, 1.165) is 12.5 Å². The van der Waals surface area contributed by atoms with Gasteiger partial charge in [-0.05, 0) is 24.7 Å². The molecule has 3 rings (SSSR count). The maximum absolute atomic E-state index is 4.77. The van der Waals surface area contributed by atoms with Crippen molar-refractivity contribution in [1.82, 2.24) is 9.55 Å². The number of aromatic nitrogens is 2. The number of nitrogens with zero attached hydrogens (tertiary/aromatic N) is 2. The van der Waals surface area contributed by atoms with Crippen molar-refractivity contribution in [1.29, 1.82) is 0 Å². The average molecular weight is 233 g/mol. The molecule has 94 valence electrons. The smallest absolute Gasteiger partial charge is 0.203 e. The van der Waals surface area contributed by atoms with Gasteiger partial charge in [0, 0.05) is 24.2 Å². The van der Waals surface area contributed by atoms with E-state index in [1.54, 1.807) is 0 Å². The highest BCUT2D eigenvalue weighted by atomic mass is 15.2. The van der Waals surface area contributed by atoms with Gasteiger partial charge in [0.15, 0.2) is 0 Å².